The van der Waals surface area contributed by atoms with Gasteiger partial charge in [-0.2, -0.15) is 0 Å². The molecule has 1 aliphatic carbocycles. The lowest BCUT2D eigenvalue weighted by Gasteiger charge is -2.35. The standard InChI is InChI=1S/C26H30N2O5/c1-3-26(2,24(31)28-14-8-9-17(28)15-23(29)30)27-25(32)33-16-22-20-12-6-4-10-18(20)19-11-5-7-13-21(19)22/h4-7,10-13,17,22H,3,8-9,14-16H2,1-2H3,(H,27,32)(H,29,30). The maximum absolute atomic E-state index is 13.3. The number of hydrogen-bond acceptors (Lipinski definition) is 4. The Labute approximate surface area is 193 Å². The molecule has 2 N–H and O–H groups in total. The summed E-state index contributed by atoms with van der Waals surface area (Å²) in [6, 6.07) is 15.9. The van der Waals surface area contributed by atoms with Crippen molar-refractivity contribution in [3.8, 4) is 11.1 Å². The summed E-state index contributed by atoms with van der Waals surface area (Å²) in [4.78, 5) is 38.8. The number of alkyl carbamates (subject to hydrolysis) is 1. The molecule has 2 amide bonds. The summed E-state index contributed by atoms with van der Waals surface area (Å²) in [6.45, 7) is 4.16. The first-order chi connectivity index (χ1) is 15.8. The Hall–Kier alpha value is -3.35. The molecule has 1 saturated heterocycles. The number of fused-ring (bicyclic) bond motifs is 3. The topological polar surface area (TPSA) is 95.9 Å². The number of carbonyl (C=O) groups excluding carboxylic acids is 2. The number of carboxylic acid groups (broad SMARTS) is 1. The Balaban J connectivity index is 1.44. The normalized spacial score (nSPS) is 18.8. The number of amides is 2. The second-order valence-corrected chi connectivity index (χ2v) is 9.03. The Kier molecular flexibility index (Phi) is 6.40. The minimum absolute atomic E-state index is 0.0646. The smallest absolute Gasteiger partial charge is 0.408 e. The van der Waals surface area contributed by atoms with Crippen molar-refractivity contribution in [1.82, 2.24) is 10.2 Å². The van der Waals surface area contributed by atoms with Crippen molar-refractivity contribution in [2.24, 2.45) is 0 Å². The van der Waals surface area contributed by atoms with Gasteiger partial charge in [0.1, 0.15) is 12.1 Å². The van der Waals surface area contributed by atoms with Crippen LogP contribution < -0.4 is 5.32 Å². The van der Waals surface area contributed by atoms with E-state index in [4.69, 9.17) is 9.84 Å². The van der Waals surface area contributed by atoms with Crippen molar-refractivity contribution < 1.29 is 24.2 Å². The van der Waals surface area contributed by atoms with Gasteiger partial charge >= 0.3 is 12.1 Å². The number of ether oxygens (including phenoxy) is 1. The zero-order valence-corrected chi connectivity index (χ0v) is 19.0. The summed E-state index contributed by atoms with van der Waals surface area (Å²) in [5.41, 5.74) is 3.37. The monoisotopic (exact) mass is 450 g/mol. The molecule has 7 nitrogen and oxygen atoms in total. The Bertz CT molecular complexity index is 1020. The van der Waals surface area contributed by atoms with Gasteiger partial charge in [-0.3, -0.25) is 9.59 Å². The van der Waals surface area contributed by atoms with E-state index >= 15 is 0 Å². The van der Waals surface area contributed by atoms with Crippen LogP contribution in [-0.2, 0) is 14.3 Å². The third-order valence-electron chi connectivity index (χ3n) is 6.95. The second kappa shape index (κ2) is 9.25. The van der Waals surface area contributed by atoms with Crippen molar-refractivity contribution in [3.63, 3.8) is 0 Å². The molecule has 0 aromatic heterocycles. The summed E-state index contributed by atoms with van der Waals surface area (Å²) in [7, 11) is 0. The third-order valence-corrected chi connectivity index (χ3v) is 6.95. The number of nitrogens with one attached hydrogen (secondary N) is 1. The highest BCUT2D eigenvalue weighted by Gasteiger charge is 2.42. The second-order valence-electron chi connectivity index (χ2n) is 9.03. The average Bonchev–Trinajstić information content (AvgIpc) is 3.39. The van der Waals surface area contributed by atoms with Crippen LogP contribution in [-0.4, -0.2) is 52.7 Å². The largest absolute Gasteiger partial charge is 0.481 e. The third kappa shape index (κ3) is 4.45. The molecule has 4 rings (SSSR count). The van der Waals surface area contributed by atoms with Crippen LogP contribution in [0.5, 0.6) is 0 Å². The van der Waals surface area contributed by atoms with E-state index in [-0.39, 0.29) is 30.9 Å². The van der Waals surface area contributed by atoms with Gasteiger partial charge in [-0.05, 0) is 48.4 Å². The van der Waals surface area contributed by atoms with Gasteiger partial charge in [0.05, 0.1) is 6.42 Å². The highest BCUT2D eigenvalue weighted by molar-refractivity contribution is 5.90. The van der Waals surface area contributed by atoms with E-state index in [1.54, 1.807) is 11.8 Å². The number of benzene rings is 2. The number of aliphatic carboxylic acids is 1. The molecule has 7 heteroatoms. The quantitative estimate of drug-likeness (QED) is 0.660. The molecule has 0 spiro atoms. The molecule has 2 unspecified atom stereocenters. The van der Waals surface area contributed by atoms with Gasteiger partial charge in [0.25, 0.3) is 0 Å². The number of likely N-dealkylation sites (tertiary alicyclic amines) is 1. The van der Waals surface area contributed by atoms with Crippen LogP contribution in [0, 0.1) is 0 Å². The first kappa shape index (κ1) is 22.8. The Morgan fingerprint density at radius 3 is 2.27 bits per heavy atom. The summed E-state index contributed by atoms with van der Waals surface area (Å²) in [5, 5.41) is 11.9. The van der Waals surface area contributed by atoms with E-state index in [1.165, 1.54) is 0 Å². The maximum atomic E-state index is 13.3. The van der Waals surface area contributed by atoms with Crippen molar-refractivity contribution in [1.29, 1.82) is 0 Å². The van der Waals surface area contributed by atoms with Gasteiger partial charge in [0.15, 0.2) is 0 Å². The van der Waals surface area contributed by atoms with Crippen molar-refractivity contribution >= 4 is 18.0 Å². The van der Waals surface area contributed by atoms with Crippen LogP contribution in [0.4, 0.5) is 4.79 Å². The highest BCUT2D eigenvalue weighted by Crippen LogP contribution is 2.44. The molecular weight excluding hydrogens is 420 g/mol. The molecule has 2 atom stereocenters. The molecule has 174 valence electrons. The highest BCUT2D eigenvalue weighted by atomic mass is 16.5. The number of hydrogen-bond donors (Lipinski definition) is 2. The van der Waals surface area contributed by atoms with Crippen LogP contribution in [0.3, 0.4) is 0 Å². The van der Waals surface area contributed by atoms with Crippen molar-refractivity contribution in [2.45, 2.75) is 57.0 Å². The molecule has 1 fully saturated rings. The summed E-state index contributed by atoms with van der Waals surface area (Å²) >= 11 is 0. The molecule has 0 radical (unpaired) electrons. The fourth-order valence-corrected chi connectivity index (χ4v) is 4.99. The Morgan fingerprint density at radius 1 is 1.09 bits per heavy atom. The van der Waals surface area contributed by atoms with Crippen LogP contribution in [0.25, 0.3) is 11.1 Å². The SMILES string of the molecule is CCC(C)(NC(=O)OCC1c2ccccc2-c2ccccc21)C(=O)N1CCCC1CC(=O)O. The lowest BCUT2D eigenvalue weighted by atomic mass is 9.96. The lowest BCUT2D eigenvalue weighted by Crippen LogP contribution is -2.58. The predicted molar refractivity (Wildman–Crippen MR) is 124 cm³/mol. The van der Waals surface area contributed by atoms with E-state index in [9.17, 15) is 14.4 Å². The molecule has 0 saturated carbocycles. The summed E-state index contributed by atoms with van der Waals surface area (Å²) in [6.07, 6.45) is 1.04. The van der Waals surface area contributed by atoms with Crippen LogP contribution in [0.2, 0.25) is 0 Å². The lowest BCUT2D eigenvalue weighted by molar-refractivity contribution is -0.142. The van der Waals surface area contributed by atoms with Crippen LogP contribution >= 0.6 is 0 Å². The first-order valence-electron chi connectivity index (χ1n) is 11.5. The fraction of sp³-hybridized carbons (Fsp3) is 0.423. The van der Waals surface area contributed by atoms with Crippen molar-refractivity contribution in [3.05, 3.63) is 59.7 Å². The number of carbonyl (C=O) groups is 3. The predicted octanol–water partition coefficient (Wildman–Crippen LogP) is 4.16. The van der Waals surface area contributed by atoms with Crippen molar-refractivity contribution in [2.75, 3.05) is 13.2 Å². The summed E-state index contributed by atoms with van der Waals surface area (Å²) < 4.78 is 5.63. The minimum atomic E-state index is -1.16. The molecule has 2 aromatic rings. The zero-order valence-electron chi connectivity index (χ0n) is 19.0. The van der Waals surface area contributed by atoms with E-state index < -0.39 is 17.6 Å². The molecule has 2 aliphatic rings. The van der Waals surface area contributed by atoms with Gasteiger partial charge in [-0.15, -0.1) is 0 Å². The van der Waals surface area contributed by atoms with Gasteiger partial charge in [-0.1, -0.05) is 55.5 Å². The number of rotatable bonds is 7. The average molecular weight is 451 g/mol. The van der Waals surface area contributed by atoms with Gasteiger partial charge in [-0.25, -0.2) is 4.79 Å². The maximum Gasteiger partial charge on any atom is 0.408 e. The van der Waals surface area contributed by atoms with Crippen LogP contribution in [0.1, 0.15) is 56.6 Å². The molecule has 2 aromatic carbocycles. The minimum Gasteiger partial charge on any atom is -0.481 e. The van der Waals surface area contributed by atoms with E-state index in [1.807, 2.05) is 31.2 Å². The van der Waals surface area contributed by atoms with Gasteiger partial charge in [0, 0.05) is 18.5 Å². The fourth-order valence-electron chi connectivity index (χ4n) is 4.99. The van der Waals surface area contributed by atoms with Gasteiger partial charge in [0.2, 0.25) is 5.91 Å². The molecule has 1 aliphatic heterocycles. The summed E-state index contributed by atoms with van der Waals surface area (Å²) in [5.74, 6) is -1.25. The molecule has 1 heterocycles. The first-order valence-corrected chi connectivity index (χ1v) is 11.5. The van der Waals surface area contributed by atoms with E-state index in [0.717, 1.165) is 28.7 Å². The van der Waals surface area contributed by atoms with E-state index in [0.29, 0.717) is 19.4 Å². The molecule has 33 heavy (non-hydrogen) atoms. The molecular formula is C26H30N2O5. The molecule has 0 bridgehead atoms. The van der Waals surface area contributed by atoms with Gasteiger partial charge < -0.3 is 20.1 Å². The number of carboxylic acids is 1. The number of nitrogens with zero attached hydrogens (tertiary/aromatic N) is 1. The van der Waals surface area contributed by atoms with E-state index in [2.05, 4.69) is 29.6 Å². The zero-order chi connectivity index (χ0) is 23.6. The van der Waals surface area contributed by atoms with Crippen LogP contribution in [0.15, 0.2) is 48.5 Å². The Morgan fingerprint density at radius 2 is 1.70 bits per heavy atom.